The zero-order valence-corrected chi connectivity index (χ0v) is 38.0. The van der Waals surface area contributed by atoms with Crippen LogP contribution in [0.3, 0.4) is 0 Å². The van der Waals surface area contributed by atoms with Gasteiger partial charge in [0, 0.05) is 19.5 Å². The van der Waals surface area contributed by atoms with Crippen molar-refractivity contribution in [2.45, 2.75) is 233 Å². The Morgan fingerprint density at radius 3 is 1.41 bits per heavy atom. The molecule has 0 saturated carbocycles. The van der Waals surface area contributed by atoms with Crippen LogP contribution in [0.1, 0.15) is 227 Å². The van der Waals surface area contributed by atoms with Crippen LogP contribution in [0.15, 0.2) is 4.99 Å². The third-order valence-corrected chi connectivity index (χ3v) is 11.1. The molecule has 340 valence electrons. The highest BCUT2D eigenvalue weighted by atomic mass is 16.5. The van der Waals surface area contributed by atoms with Gasteiger partial charge in [0.1, 0.15) is 6.04 Å². The second-order valence-corrected chi connectivity index (χ2v) is 16.6. The third-order valence-electron chi connectivity index (χ3n) is 11.1. The van der Waals surface area contributed by atoms with Gasteiger partial charge in [0.15, 0.2) is 5.96 Å². The van der Waals surface area contributed by atoms with E-state index in [1.54, 1.807) is 0 Å². The van der Waals surface area contributed by atoms with Gasteiger partial charge in [0.25, 0.3) is 0 Å². The maximum Gasteiger partial charge on any atom is 0.308 e. The summed E-state index contributed by atoms with van der Waals surface area (Å²) in [5.41, 5.74) is 11.0. The number of unbranched alkanes of at least 4 members (excludes halogenated alkanes) is 19. The summed E-state index contributed by atoms with van der Waals surface area (Å²) in [5.74, 6) is -0.529. The van der Waals surface area contributed by atoms with Crippen LogP contribution in [-0.4, -0.2) is 62.1 Å². The molecule has 2 amide bonds. The van der Waals surface area contributed by atoms with Gasteiger partial charge in [-0.2, -0.15) is 0 Å². The van der Waals surface area contributed by atoms with Gasteiger partial charge in [-0.05, 0) is 64.2 Å². The Labute approximate surface area is 355 Å². The summed E-state index contributed by atoms with van der Waals surface area (Å²) < 4.78 is 11.4. The molecule has 0 aliphatic carbocycles. The summed E-state index contributed by atoms with van der Waals surface area (Å²) in [6.07, 6.45) is 31.1. The number of hydrogen-bond acceptors (Lipinski definition) is 7. The first-order valence-electron chi connectivity index (χ1n) is 24.2. The zero-order valence-electron chi connectivity index (χ0n) is 38.0. The number of rotatable bonds is 42. The molecule has 0 radical (unpaired) electrons. The second-order valence-electron chi connectivity index (χ2n) is 16.6. The van der Waals surface area contributed by atoms with Gasteiger partial charge in [0.2, 0.25) is 11.8 Å². The maximum atomic E-state index is 13.0. The molecule has 0 saturated heterocycles. The molecule has 0 fully saturated rings. The highest BCUT2D eigenvalue weighted by Gasteiger charge is 2.22. The normalized spacial score (nSPS) is 12.7. The van der Waals surface area contributed by atoms with E-state index in [0.29, 0.717) is 39.0 Å². The minimum atomic E-state index is -0.724. The molecule has 3 atom stereocenters. The predicted octanol–water partition coefficient (Wildman–Crippen LogP) is 10.4. The monoisotopic (exact) mass is 822 g/mol. The number of nitrogens with one attached hydrogen (secondary N) is 2. The fourth-order valence-corrected chi connectivity index (χ4v) is 7.29. The molecule has 0 aliphatic heterocycles. The standard InChI is InChI=1S/C47H91N5O6/c1-5-9-13-16-19-25-33-41(32-24-15-11-7-3)46(56)57-38-28-21-18-17-20-27-36-50-44(54)42(35-37-51-47(48)49)52-43(53)34-26-22-29-39-58-45(55)40(30-12-8-4)31-23-14-10-6-2/h40-42H,5-39H2,1-4H3,(H,50,54)(H,52,53)(H4,48,49,51)/t40?,41?,42-/m0/s1. The number of hydrogen-bond donors (Lipinski definition) is 4. The molecular weight excluding hydrogens is 731 g/mol. The van der Waals surface area contributed by atoms with Crippen molar-refractivity contribution in [3.8, 4) is 0 Å². The summed E-state index contributed by atoms with van der Waals surface area (Å²) in [4.78, 5) is 55.4. The van der Waals surface area contributed by atoms with Gasteiger partial charge in [-0.3, -0.25) is 24.2 Å². The van der Waals surface area contributed by atoms with Gasteiger partial charge in [-0.1, -0.05) is 156 Å². The van der Waals surface area contributed by atoms with Crippen molar-refractivity contribution in [1.82, 2.24) is 10.6 Å². The molecule has 0 heterocycles. The molecule has 0 bridgehead atoms. The molecule has 2 unspecified atom stereocenters. The van der Waals surface area contributed by atoms with Crippen LogP contribution in [-0.2, 0) is 28.7 Å². The van der Waals surface area contributed by atoms with Crippen molar-refractivity contribution in [2.75, 3.05) is 26.3 Å². The molecule has 6 N–H and O–H groups in total. The van der Waals surface area contributed by atoms with Crippen LogP contribution in [0.2, 0.25) is 0 Å². The largest absolute Gasteiger partial charge is 0.465 e. The first-order valence-corrected chi connectivity index (χ1v) is 24.2. The van der Waals surface area contributed by atoms with Gasteiger partial charge < -0.3 is 31.6 Å². The van der Waals surface area contributed by atoms with Crippen LogP contribution in [0.4, 0.5) is 0 Å². The summed E-state index contributed by atoms with van der Waals surface area (Å²) >= 11 is 0. The van der Waals surface area contributed by atoms with E-state index in [9.17, 15) is 19.2 Å². The topological polar surface area (TPSA) is 175 Å². The number of guanidine groups is 1. The van der Waals surface area contributed by atoms with Crippen molar-refractivity contribution in [3.63, 3.8) is 0 Å². The minimum Gasteiger partial charge on any atom is -0.465 e. The molecule has 11 nitrogen and oxygen atoms in total. The average molecular weight is 822 g/mol. The lowest BCUT2D eigenvalue weighted by atomic mass is 9.94. The molecule has 0 spiro atoms. The number of ether oxygens (including phenoxy) is 2. The quantitative estimate of drug-likeness (QED) is 0.0204. The maximum absolute atomic E-state index is 13.0. The van der Waals surface area contributed by atoms with Crippen LogP contribution >= 0.6 is 0 Å². The van der Waals surface area contributed by atoms with E-state index in [0.717, 1.165) is 109 Å². The van der Waals surface area contributed by atoms with E-state index in [4.69, 9.17) is 20.9 Å². The second kappa shape index (κ2) is 40.9. The highest BCUT2D eigenvalue weighted by Crippen LogP contribution is 2.22. The number of carbonyl (C=O) groups excluding carboxylic acids is 4. The number of nitrogens with two attached hydrogens (primary N) is 2. The lowest BCUT2D eigenvalue weighted by molar-refractivity contribution is -0.150. The number of nitrogens with zero attached hydrogens (tertiary/aromatic N) is 1. The molecule has 0 aromatic rings. The van der Waals surface area contributed by atoms with Gasteiger partial charge >= 0.3 is 11.9 Å². The Hall–Kier alpha value is -2.85. The molecule has 0 aromatic carbocycles. The zero-order chi connectivity index (χ0) is 42.9. The van der Waals surface area contributed by atoms with E-state index < -0.39 is 6.04 Å². The fourth-order valence-electron chi connectivity index (χ4n) is 7.29. The Balaban J connectivity index is 4.41. The predicted molar refractivity (Wildman–Crippen MR) is 240 cm³/mol. The first-order chi connectivity index (χ1) is 28.2. The number of esters is 2. The van der Waals surface area contributed by atoms with E-state index in [1.165, 1.54) is 64.2 Å². The van der Waals surface area contributed by atoms with Crippen molar-refractivity contribution >= 4 is 29.7 Å². The van der Waals surface area contributed by atoms with E-state index >= 15 is 0 Å². The van der Waals surface area contributed by atoms with Crippen molar-refractivity contribution in [3.05, 3.63) is 0 Å². The van der Waals surface area contributed by atoms with Crippen molar-refractivity contribution in [1.29, 1.82) is 0 Å². The third kappa shape index (κ3) is 34.1. The Morgan fingerprint density at radius 1 is 0.500 bits per heavy atom. The highest BCUT2D eigenvalue weighted by molar-refractivity contribution is 5.87. The molecule has 0 rings (SSSR count). The van der Waals surface area contributed by atoms with Crippen LogP contribution < -0.4 is 22.1 Å². The first kappa shape index (κ1) is 55.2. The molecule has 0 aromatic heterocycles. The number of carbonyl (C=O) groups is 4. The molecule has 58 heavy (non-hydrogen) atoms. The van der Waals surface area contributed by atoms with Crippen molar-refractivity contribution < 1.29 is 28.7 Å². The van der Waals surface area contributed by atoms with Crippen LogP contribution in [0.5, 0.6) is 0 Å². The van der Waals surface area contributed by atoms with Crippen LogP contribution in [0.25, 0.3) is 0 Å². The molecule has 11 heteroatoms. The number of amides is 2. The molecule has 0 aliphatic rings. The summed E-state index contributed by atoms with van der Waals surface area (Å²) in [7, 11) is 0. The van der Waals surface area contributed by atoms with Gasteiger partial charge in [-0.15, -0.1) is 0 Å². The lowest BCUT2D eigenvalue weighted by Crippen LogP contribution is -2.47. The summed E-state index contributed by atoms with van der Waals surface area (Å²) in [5, 5.41) is 5.84. The van der Waals surface area contributed by atoms with Gasteiger partial charge in [0.05, 0.1) is 25.0 Å². The van der Waals surface area contributed by atoms with Gasteiger partial charge in [-0.25, -0.2) is 0 Å². The summed E-state index contributed by atoms with van der Waals surface area (Å²) in [6.45, 7) is 10.4. The minimum absolute atomic E-state index is 0.00231. The SMILES string of the molecule is CCCCCCCCC(CCCCCC)C(=O)OCCCCCCCCNC(=O)[C@H](CCN=C(N)N)NC(=O)CCCCCOC(=O)C(CCCC)CCCCCC. The fraction of sp³-hybridized carbons (Fsp3) is 0.894. The Morgan fingerprint density at radius 2 is 0.914 bits per heavy atom. The number of aliphatic imine (C=N–C) groups is 1. The van der Waals surface area contributed by atoms with Crippen molar-refractivity contribution in [2.24, 2.45) is 28.3 Å². The summed E-state index contributed by atoms with van der Waals surface area (Å²) in [6, 6.07) is -0.724. The van der Waals surface area contributed by atoms with E-state index in [2.05, 4.69) is 43.3 Å². The smallest absolute Gasteiger partial charge is 0.308 e. The van der Waals surface area contributed by atoms with E-state index in [1.807, 2.05) is 0 Å². The Kier molecular flexibility index (Phi) is 38.9. The molecular formula is C47H91N5O6. The average Bonchev–Trinajstić information content (AvgIpc) is 3.20. The lowest BCUT2D eigenvalue weighted by Gasteiger charge is -2.18. The van der Waals surface area contributed by atoms with Crippen LogP contribution in [0, 0.1) is 11.8 Å². The van der Waals surface area contributed by atoms with E-state index in [-0.39, 0.29) is 54.5 Å². The Bertz CT molecular complexity index is 1040.